The third kappa shape index (κ3) is 1.77. The van der Waals surface area contributed by atoms with Crippen LogP contribution in [0.5, 0.6) is 0 Å². The third-order valence-electron chi connectivity index (χ3n) is 3.49. The first kappa shape index (κ1) is 9.93. The van der Waals surface area contributed by atoms with Crippen LogP contribution in [0, 0.1) is 11.8 Å². The van der Waals surface area contributed by atoms with E-state index >= 15 is 0 Å². The van der Waals surface area contributed by atoms with E-state index in [0.717, 1.165) is 26.2 Å². The lowest BCUT2D eigenvalue weighted by atomic mass is 9.86. The molecule has 3 atom stereocenters. The number of nitrogens with zero attached hydrogens (tertiary/aromatic N) is 1. The standard InChI is InChI=1S/C10H17NO3/c1-11-5-7(4-10(12)13)8-6-14-3-2-9(8)11/h7-9H,2-6H2,1H3,(H,12,13). The van der Waals surface area contributed by atoms with Crippen LogP contribution in [0.15, 0.2) is 0 Å². The van der Waals surface area contributed by atoms with E-state index in [9.17, 15) is 4.79 Å². The van der Waals surface area contributed by atoms with Gasteiger partial charge in [-0.3, -0.25) is 4.79 Å². The Labute approximate surface area is 83.8 Å². The van der Waals surface area contributed by atoms with E-state index in [1.807, 2.05) is 0 Å². The minimum absolute atomic E-state index is 0.280. The van der Waals surface area contributed by atoms with Crippen molar-refractivity contribution in [2.24, 2.45) is 11.8 Å². The van der Waals surface area contributed by atoms with Crippen molar-refractivity contribution < 1.29 is 14.6 Å². The molecule has 0 bridgehead atoms. The average Bonchev–Trinajstić information content (AvgIpc) is 2.44. The van der Waals surface area contributed by atoms with Gasteiger partial charge in [0.2, 0.25) is 0 Å². The number of hydrogen-bond donors (Lipinski definition) is 1. The molecule has 2 aliphatic heterocycles. The van der Waals surface area contributed by atoms with Crippen LogP contribution in [0.25, 0.3) is 0 Å². The lowest BCUT2D eigenvalue weighted by Crippen LogP contribution is -2.37. The molecule has 0 spiro atoms. The summed E-state index contributed by atoms with van der Waals surface area (Å²) in [4.78, 5) is 13.0. The predicted molar refractivity (Wildman–Crippen MR) is 51.1 cm³/mol. The molecule has 0 amide bonds. The van der Waals surface area contributed by atoms with Gasteiger partial charge in [-0.25, -0.2) is 0 Å². The maximum atomic E-state index is 10.7. The molecule has 80 valence electrons. The summed E-state index contributed by atoms with van der Waals surface area (Å²) in [5.41, 5.74) is 0. The molecular weight excluding hydrogens is 182 g/mol. The fourth-order valence-corrected chi connectivity index (χ4v) is 2.83. The molecule has 4 heteroatoms. The lowest BCUT2D eigenvalue weighted by molar-refractivity contribution is -0.138. The highest BCUT2D eigenvalue weighted by Gasteiger charge is 2.42. The summed E-state index contributed by atoms with van der Waals surface area (Å²) in [6.07, 6.45) is 1.34. The number of carbonyl (C=O) groups is 1. The Morgan fingerprint density at radius 2 is 2.43 bits per heavy atom. The van der Waals surface area contributed by atoms with Crippen molar-refractivity contribution in [1.82, 2.24) is 4.90 Å². The minimum atomic E-state index is -0.686. The Balaban J connectivity index is 2.02. The van der Waals surface area contributed by atoms with E-state index in [1.54, 1.807) is 0 Å². The minimum Gasteiger partial charge on any atom is -0.481 e. The van der Waals surface area contributed by atoms with Crippen molar-refractivity contribution in [3.63, 3.8) is 0 Å². The van der Waals surface area contributed by atoms with Crippen molar-refractivity contribution in [2.75, 3.05) is 26.8 Å². The average molecular weight is 199 g/mol. The van der Waals surface area contributed by atoms with E-state index in [1.165, 1.54) is 0 Å². The number of fused-ring (bicyclic) bond motifs is 1. The second-order valence-corrected chi connectivity index (χ2v) is 4.39. The maximum Gasteiger partial charge on any atom is 0.303 e. The van der Waals surface area contributed by atoms with Gasteiger partial charge in [0.1, 0.15) is 0 Å². The molecule has 1 N–H and O–H groups in total. The van der Waals surface area contributed by atoms with Crippen molar-refractivity contribution >= 4 is 5.97 Å². The van der Waals surface area contributed by atoms with Gasteiger partial charge in [0, 0.05) is 31.5 Å². The van der Waals surface area contributed by atoms with Crippen LogP contribution in [-0.2, 0) is 9.53 Å². The number of carboxylic acid groups (broad SMARTS) is 1. The van der Waals surface area contributed by atoms with Crippen molar-refractivity contribution in [1.29, 1.82) is 0 Å². The monoisotopic (exact) mass is 199 g/mol. The third-order valence-corrected chi connectivity index (χ3v) is 3.49. The van der Waals surface area contributed by atoms with E-state index in [4.69, 9.17) is 9.84 Å². The highest BCUT2D eigenvalue weighted by Crippen LogP contribution is 2.35. The molecule has 0 aromatic rings. The van der Waals surface area contributed by atoms with Gasteiger partial charge in [-0.2, -0.15) is 0 Å². The van der Waals surface area contributed by atoms with Crippen molar-refractivity contribution in [3.8, 4) is 0 Å². The van der Waals surface area contributed by atoms with Crippen LogP contribution >= 0.6 is 0 Å². The molecule has 0 saturated carbocycles. The van der Waals surface area contributed by atoms with Crippen LogP contribution in [0.2, 0.25) is 0 Å². The van der Waals surface area contributed by atoms with Crippen molar-refractivity contribution in [2.45, 2.75) is 18.9 Å². The summed E-state index contributed by atoms with van der Waals surface area (Å²) in [5.74, 6) is 0.0299. The van der Waals surface area contributed by atoms with Crippen LogP contribution in [0.3, 0.4) is 0 Å². The molecule has 0 aromatic heterocycles. The zero-order valence-electron chi connectivity index (χ0n) is 8.48. The van der Waals surface area contributed by atoms with Crippen LogP contribution in [0.4, 0.5) is 0 Å². The van der Waals surface area contributed by atoms with Crippen LogP contribution < -0.4 is 0 Å². The Kier molecular flexibility index (Phi) is 2.74. The Bertz CT molecular complexity index is 231. The Hall–Kier alpha value is -0.610. The van der Waals surface area contributed by atoms with Gasteiger partial charge in [0.25, 0.3) is 0 Å². The zero-order valence-corrected chi connectivity index (χ0v) is 8.48. The van der Waals surface area contributed by atoms with E-state index in [0.29, 0.717) is 12.0 Å². The number of likely N-dealkylation sites (tertiary alicyclic amines) is 1. The highest BCUT2D eigenvalue weighted by molar-refractivity contribution is 5.67. The first-order valence-corrected chi connectivity index (χ1v) is 5.18. The summed E-state index contributed by atoms with van der Waals surface area (Å²) in [5, 5.41) is 8.79. The van der Waals surface area contributed by atoms with Gasteiger partial charge in [-0.15, -0.1) is 0 Å². The smallest absolute Gasteiger partial charge is 0.303 e. The number of carboxylic acids is 1. The Morgan fingerprint density at radius 3 is 3.14 bits per heavy atom. The molecule has 4 nitrogen and oxygen atoms in total. The summed E-state index contributed by atoms with van der Waals surface area (Å²) in [7, 11) is 2.09. The van der Waals surface area contributed by atoms with E-state index in [-0.39, 0.29) is 12.3 Å². The first-order valence-electron chi connectivity index (χ1n) is 5.18. The normalized spacial score (nSPS) is 38.2. The van der Waals surface area contributed by atoms with E-state index < -0.39 is 5.97 Å². The molecule has 2 fully saturated rings. The zero-order chi connectivity index (χ0) is 10.1. The molecule has 3 unspecified atom stereocenters. The summed E-state index contributed by atoms with van der Waals surface area (Å²) in [6.45, 7) is 2.48. The molecule has 0 radical (unpaired) electrons. The fraction of sp³-hybridized carbons (Fsp3) is 0.900. The van der Waals surface area contributed by atoms with Gasteiger partial charge in [0.05, 0.1) is 6.61 Å². The molecule has 14 heavy (non-hydrogen) atoms. The number of ether oxygens (including phenoxy) is 1. The number of rotatable bonds is 2. The molecule has 2 saturated heterocycles. The second-order valence-electron chi connectivity index (χ2n) is 4.39. The topological polar surface area (TPSA) is 49.8 Å². The largest absolute Gasteiger partial charge is 0.481 e. The molecule has 2 rings (SSSR count). The lowest BCUT2D eigenvalue weighted by Gasteiger charge is -2.30. The molecule has 2 heterocycles. The SMILES string of the molecule is CN1CC(CC(=O)O)C2COCCC21. The number of aliphatic carboxylic acids is 1. The van der Waals surface area contributed by atoms with Crippen LogP contribution in [-0.4, -0.2) is 48.8 Å². The molecule has 0 aromatic carbocycles. The maximum absolute atomic E-state index is 10.7. The van der Waals surface area contributed by atoms with Crippen molar-refractivity contribution in [3.05, 3.63) is 0 Å². The Morgan fingerprint density at radius 1 is 1.64 bits per heavy atom. The summed E-state index contributed by atoms with van der Waals surface area (Å²) >= 11 is 0. The molecule has 2 aliphatic rings. The first-order chi connectivity index (χ1) is 6.68. The van der Waals surface area contributed by atoms with Gasteiger partial charge >= 0.3 is 5.97 Å². The van der Waals surface area contributed by atoms with Gasteiger partial charge < -0.3 is 14.7 Å². The highest BCUT2D eigenvalue weighted by atomic mass is 16.5. The fourth-order valence-electron chi connectivity index (χ4n) is 2.83. The van der Waals surface area contributed by atoms with Gasteiger partial charge in [0.15, 0.2) is 0 Å². The predicted octanol–water partition coefficient (Wildman–Crippen LogP) is 0.428. The van der Waals surface area contributed by atoms with Gasteiger partial charge in [-0.1, -0.05) is 0 Å². The summed E-state index contributed by atoms with van der Waals surface area (Å²) < 4.78 is 5.42. The van der Waals surface area contributed by atoms with E-state index in [2.05, 4.69) is 11.9 Å². The number of hydrogen-bond acceptors (Lipinski definition) is 3. The van der Waals surface area contributed by atoms with Gasteiger partial charge in [-0.05, 0) is 19.4 Å². The second kappa shape index (κ2) is 3.87. The summed E-state index contributed by atoms with van der Waals surface area (Å²) in [6, 6.07) is 0.549. The molecule has 0 aliphatic carbocycles. The quantitative estimate of drug-likeness (QED) is 0.700. The van der Waals surface area contributed by atoms with Crippen LogP contribution in [0.1, 0.15) is 12.8 Å². The molecular formula is C10H17NO3.